The monoisotopic (exact) mass is 289 g/mol. The average Bonchev–Trinajstić information content (AvgIpc) is 3.01. The molecule has 4 rings (SSSR count). The molecule has 2 saturated heterocycles. The number of likely N-dealkylation sites (N-methyl/N-ethyl adjacent to an activating group) is 1. The van der Waals surface area contributed by atoms with Crippen LogP contribution in [-0.2, 0) is 0 Å². The predicted molar refractivity (Wildman–Crippen MR) is 81.0 cm³/mol. The lowest BCUT2D eigenvalue weighted by Crippen LogP contribution is -2.47. The quantitative estimate of drug-likeness (QED) is 0.835. The minimum atomic E-state index is 0.470. The molecule has 0 radical (unpaired) electrons. The SMILES string of the molecule is Cc1noc([C@H]2C(C3CCCCC3)CC3CCC2N3C)n1. The van der Waals surface area contributed by atoms with Gasteiger partial charge in [0, 0.05) is 12.1 Å². The summed E-state index contributed by atoms with van der Waals surface area (Å²) < 4.78 is 5.64. The van der Waals surface area contributed by atoms with Gasteiger partial charge in [0.25, 0.3) is 0 Å². The van der Waals surface area contributed by atoms with Crippen molar-refractivity contribution in [2.24, 2.45) is 11.8 Å². The average molecular weight is 289 g/mol. The van der Waals surface area contributed by atoms with Gasteiger partial charge in [-0.25, -0.2) is 0 Å². The van der Waals surface area contributed by atoms with E-state index < -0.39 is 0 Å². The van der Waals surface area contributed by atoms with E-state index in [1.165, 1.54) is 51.4 Å². The van der Waals surface area contributed by atoms with E-state index in [1.807, 2.05) is 6.92 Å². The van der Waals surface area contributed by atoms with Crippen LogP contribution in [0.3, 0.4) is 0 Å². The van der Waals surface area contributed by atoms with E-state index in [0.717, 1.165) is 29.6 Å². The van der Waals surface area contributed by atoms with E-state index >= 15 is 0 Å². The maximum absolute atomic E-state index is 5.64. The van der Waals surface area contributed by atoms with Gasteiger partial charge in [-0.1, -0.05) is 37.3 Å². The van der Waals surface area contributed by atoms with Gasteiger partial charge in [-0.05, 0) is 45.1 Å². The molecule has 3 fully saturated rings. The normalized spacial score (nSPS) is 38.0. The summed E-state index contributed by atoms with van der Waals surface area (Å²) in [6, 6.07) is 1.41. The van der Waals surface area contributed by atoms with Gasteiger partial charge in [-0.2, -0.15) is 4.98 Å². The summed E-state index contributed by atoms with van der Waals surface area (Å²) in [4.78, 5) is 7.23. The number of hydrogen-bond donors (Lipinski definition) is 0. The fourth-order valence-corrected chi connectivity index (χ4v) is 5.35. The molecule has 3 unspecified atom stereocenters. The predicted octanol–water partition coefficient (Wildman–Crippen LogP) is 3.52. The molecule has 3 aliphatic rings. The topological polar surface area (TPSA) is 42.2 Å². The standard InChI is InChI=1S/C17H27N3O/c1-11-18-17(21-19-11)16-14(12-6-4-3-5-7-12)10-13-8-9-15(16)20(13)2/h12-16H,3-10H2,1-2H3/t13?,14?,15?,16-/m0/s1. The van der Waals surface area contributed by atoms with E-state index in [9.17, 15) is 0 Å². The lowest BCUT2D eigenvalue weighted by Gasteiger charge is -2.45. The van der Waals surface area contributed by atoms with Crippen LogP contribution in [0.25, 0.3) is 0 Å². The van der Waals surface area contributed by atoms with Crippen molar-refractivity contribution < 1.29 is 4.52 Å². The van der Waals surface area contributed by atoms with Crippen LogP contribution in [0.5, 0.6) is 0 Å². The summed E-state index contributed by atoms with van der Waals surface area (Å²) in [5.74, 6) is 3.82. The van der Waals surface area contributed by atoms with Crippen LogP contribution in [0.4, 0.5) is 0 Å². The van der Waals surface area contributed by atoms with Gasteiger partial charge >= 0.3 is 0 Å². The van der Waals surface area contributed by atoms with Gasteiger partial charge < -0.3 is 4.52 Å². The molecule has 4 atom stereocenters. The van der Waals surface area contributed by atoms with Crippen LogP contribution < -0.4 is 0 Å². The van der Waals surface area contributed by atoms with Crippen molar-refractivity contribution in [3.8, 4) is 0 Å². The van der Waals surface area contributed by atoms with Crippen LogP contribution >= 0.6 is 0 Å². The Morgan fingerprint density at radius 2 is 1.90 bits per heavy atom. The van der Waals surface area contributed by atoms with Crippen LogP contribution in [0.1, 0.15) is 69.0 Å². The molecule has 116 valence electrons. The van der Waals surface area contributed by atoms with Crippen molar-refractivity contribution >= 4 is 0 Å². The molecule has 0 amide bonds. The van der Waals surface area contributed by atoms with Crippen LogP contribution in [0.2, 0.25) is 0 Å². The maximum Gasteiger partial charge on any atom is 0.231 e. The molecule has 0 N–H and O–H groups in total. The Labute approximate surface area is 127 Å². The Bertz CT molecular complexity index is 494. The number of aryl methyl sites for hydroxylation is 1. The van der Waals surface area contributed by atoms with Crippen molar-refractivity contribution in [3.05, 3.63) is 11.7 Å². The first-order valence-corrected chi connectivity index (χ1v) is 8.76. The van der Waals surface area contributed by atoms with Crippen molar-refractivity contribution in [2.45, 2.75) is 76.3 Å². The lowest BCUT2D eigenvalue weighted by molar-refractivity contribution is 0.0493. The largest absolute Gasteiger partial charge is 0.339 e. The molecule has 4 heteroatoms. The molecule has 3 heterocycles. The Morgan fingerprint density at radius 1 is 1.10 bits per heavy atom. The highest BCUT2D eigenvalue weighted by Crippen LogP contribution is 2.51. The zero-order valence-corrected chi connectivity index (χ0v) is 13.3. The molecular formula is C17H27N3O. The molecule has 1 aliphatic carbocycles. The molecular weight excluding hydrogens is 262 g/mol. The number of hydrogen-bond acceptors (Lipinski definition) is 4. The zero-order chi connectivity index (χ0) is 14.4. The fraction of sp³-hybridized carbons (Fsp3) is 0.882. The summed E-state index contributed by atoms with van der Waals surface area (Å²) >= 11 is 0. The highest BCUT2D eigenvalue weighted by Gasteiger charge is 2.50. The molecule has 1 aromatic rings. The van der Waals surface area contributed by atoms with Crippen molar-refractivity contribution in [1.29, 1.82) is 0 Å². The Hall–Kier alpha value is -0.900. The molecule has 0 aromatic carbocycles. The minimum Gasteiger partial charge on any atom is -0.339 e. The molecule has 1 aromatic heterocycles. The highest BCUT2D eigenvalue weighted by atomic mass is 16.5. The second-order valence-electron chi connectivity index (χ2n) is 7.47. The van der Waals surface area contributed by atoms with Gasteiger partial charge in [0.1, 0.15) is 0 Å². The summed E-state index contributed by atoms with van der Waals surface area (Å²) in [7, 11) is 2.30. The fourth-order valence-electron chi connectivity index (χ4n) is 5.35. The van der Waals surface area contributed by atoms with E-state index in [-0.39, 0.29) is 0 Å². The van der Waals surface area contributed by atoms with Crippen molar-refractivity contribution in [1.82, 2.24) is 15.0 Å². The Balaban J connectivity index is 1.66. The third kappa shape index (κ3) is 2.32. The Kier molecular flexibility index (Phi) is 3.52. The zero-order valence-electron chi connectivity index (χ0n) is 13.3. The molecule has 2 bridgehead atoms. The first-order chi connectivity index (χ1) is 10.2. The van der Waals surface area contributed by atoms with Crippen LogP contribution in [0, 0.1) is 18.8 Å². The van der Waals surface area contributed by atoms with Gasteiger partial charge in [0.2, 0.25) is 5.89 Å². The van der Waals surface area contributed by atoms with Gasteiger partial charge in [0.05, 0.1) is 5.92 Å². The van der Waals surface area contributed by atoms with Crippen LogP contribution in [-0.4, -0.2) is 34.2 Å². The number of piperidine rings is 1. The van der Waals surface area contributed by atoms with Gasteiger partial charge in [0.15, 0.2) is 5.82 Å². The number of rotatable bonds is 2. The van der Waals surface area contributed by atoms with Crippen molar-refractivity contribution in [3.63, 3.8) is 0 Å². The summed E-state index contributed by atoms with van der Waals surface area (Å²) in [5.41, 5.74) is 0. The summed E-state index contributed by atoms with van der Waals surface area (Å²) in [5, 5.41) is 4.07. The van der Waals surface area contributed by atoms with Crippen LogP contribution in [0.15, 0.2) is 4.52 Å². The van der Waals surface area contributed by atoms with E-state index in [2.05, 4.69) is 22.1 Å². The summed E-state index contributed by atoms with van der Waals surface area (Å²) in [6.07, 6.45) is 11.1. The number of aromatic nitrogens is 2. The lowest BCUT2D eigenvalue weighted by atomic mass is 9.68. The number of fused-ring (bicyclic) bond motifs is 2. The summed E-state index contributed by atoms with van der Waals surface area (Å²) in [6.45, 7) is 1.94. The van der Waals surface area contributed by atoms with Gasteiger partial charge in [-0.3, -0.25) is 4.90 Å². The van der Waals surface area contributed by atoms with E-state index in [0.29, 0.717) is 12.0 Å². The highest BCUT2D eigenvalue weighted by molar-refractivity contribution is 5.11. The van der Waals surface area contributed by atoms with E-state index in [1.54, 1.807) is 0 Å². The number of nitrogens with zero attached hydrogens (tertiary/aromatic N) is 3. The third-order valence-corrected chi connectivity index (χ3v) is 6.40. The molecule has 21 heavy (non-hydrogen) atoms. The smallest absolute Gasteiger partial charge is 0.231 e. The second kappa shape index (κ2) is 5.38. The Morgan fingerprint density at radius 3 is 2.62 bits per heavy atom. The molecule has 0 spiro atoms. The van der Waals surface area contributed by atoms with Gasteiger partial charge in [-0.15, -0.1) is 0 Å². The molecule has 2 aliphatic heterocycles. The van der Waals surface area contributed by atoms with Crippen molar-refractivity contribution in [2.75, 3.05) is 7.05 Å². The second-order valence-corrected chi connectivity index (χ2v) is 7.47. The first-order valence-electron chi connectivity index (χ1n) is 8.76. The first kappa shape index (κ1) is 13.7. The third-order valence-electron chi connectivity index (χ3n) is 6.40. The molecule has 1 saturated carbocycles. The maximum atomic E-state index is 5.64. The molecule has 4 nitrogen and oxygen atoms in total. The minimum absolute atomic E-state index is 0.470. The van der Waals surface area contributed by atoms with E-state index in [4.69, 9.17) is 4.52 Å².